The van der Waals surface area contributed by atoms with E-state index in [1.54, 1.807) is 17.8 Å². The van der Waals surface area contributed by atoms with Crippen LogP contribution in [-0.2, 0) is 4.79 Å². The lowest BCUT2D eigenvalue weighted by Crippen LogP contribution is -2.49. The van der Waals surface area contributed by atoms with Gasteiger partial charge in [0.1, 0.15) is 11.6 Å². The molecule has 0 radical (unpaired) electrons. The zero-order valence-corrected chi connectivity index (χ0v) is 16.2. The molecule has 28 heavy (non-hydrogen) atoms. The molecule has 7 nitrogen and oxygen atoms in total. The Hall–Kier alpha value is -3.00. The maximum Gasteiger partial charge on any atom is 0.233 e. The van der Waals surface area contributed by atoms with Crippen molar-refractivity contribution in [2.75, 3.05) is 48.3 Å². The van der Waals surface area contributed by atoms with E-state index in [0.29, 0.717) is 43.6 Å². The second kappa shape index (κ2) is 7.93. The van der Waals surface area contributed by atoms with Crippen molar-refractivity contribution >= 4 is 46.0 Å². The number of anilines is 3. The van der Waals surface area contributed by atoms with E-state index in [-0.39, 0.29) is 11.9 Å². The first-order valence-corrected chi connectivity index (χ1v) is 10.1. The number of nitrogen functional groups attached to an aromatic ring is 2. The molecule has 1 aliphatic heterocycles. The van der Waals surface area contributed by atoms with Gasteiger partial charge in [0.15, 0.2) is 0 Å². The largest absolute Gasteiger partial charge is 0.383 e. The summed E-state index contributed by atoms with van der Waals surface area (Å²) in [5.74, 6) is 1.82. The minimum absolute atomic E-state index is 0.152. The van der Waals surface area contributed by atoms with Crippen molar-refractivity contribution in [1.82, 2.24) is 14.9 Å². The molecule has 3 aromatic rings. The van der Waals surface area contributed by atoms with Crippen molar-refractivity contribution in [1.29, 1.82) is 0 Å². The molecule has 0 aliphatic carbocycles. The fourth-order valence-corrected chi connectivity index (χ4v) is 4.16. The number of carbonyl (C=O) groups is 1. The van der Waals surface area contributed by atoms with Crippen LogP contribution in [0.2, 0.25) is 0 Å². The number of amides is 1. The molecule has 0 unspecified atom stereocenters. The molecule has 2 aromatic carbocycles. The van der Waals surface area contributed by atoms with E-state index in [0.717, 1.165) is 4.90 Å². The van der Waals surface area contributed by atoms with Crippen LogP contribution in [0.1, 0.15) is 0 Å². The highest BCUT2D eigenvalue weighted by molar-refractivity contribution is 8.00. The van der Waals surface area contributed by atoms with Gasteiger partial charge in [-0.25, -0.2) is 0 Å². The maximum atomic E-state index is 12.6. The Morgan fingerprint density at radius 2 is 1.71 bits per heavy atom. The molecule has 4 N–H and O–H groups in total. The van der Waals surface area contributed by atoms with Gasteiger partial charge in [0.2, 0.25) is 11.9 Å². The summed E-state index contributed by atoms with van der Waals surface area (Å²) in [5, 5.41) is 2.40. The summed E-state index contributed by atoms with van der Waals surface area (Å²) in [7, 11) is 0. The molecule has 144 valence electrons. The van der Waals surface area contributed by atoms with Gasteiger partial charge in [-0.2, -0.15) is 9.97 Å². The van der Waals surface area contributed by atoms with Crippen LogP contribution >= 0.6 is 11.8 Å². The third-order valence-corrected chi connectivity index (χ3v) is 5.77. The fraction of sp³-hybridized carbons (Fsp3) is 0.250. The summed E-state index contributed by atoms with van der Waals surface area (Å²) < 4.78 is 0. The molecule has 4 rings (SSSR count). The Balaban J connectivity index is 1.32. The quantitative estimate of drug-likeness (QED) is 0.654. The van der Waals surface area contributed by atoms with Gasteiger partial charge in [0.25, 0.3) is 0 Å². The van der Waals surface area contributed by atoms with Gasteiger partial charge in [0, 0.05) is 37.1 Å². The Kier molecular flexibility index (Phi) is 5.21. The average molecular weight is 395 g/mol. The Bertz CT molecular complexity index is 983. The molecule has 0 spiro atoms. The number of thioether (sulfide) groups is 1. The second-order valence-corrected chi connectivity index (χ2v) is 7.72. The number of aromatic nitrogens is 2. The molecule has 1 saturated heterocycles. The first kappa shape index (κ1) is 18.4. The van der Waals surface area contributed by atoms with E-state index in [2.05, 4.69) is 45.2 Å². The van der Waals surface area contributed by atoms with Crippen molar-refractivity contribution in [2.24, 2.45) is 0 Å². The lowest BCUT2D eigenvalue weighted by Gasteiger charge is -2.35. The number of hydrogen-bond acceptors (Lipinski definition) is 7. The lowest BCUT2D eigenvalue weighted by atomic mass is 10.1. The topological polar surface area (TPSA) is 101 Å². The summed E-state index contributed by atoms with van der Waals surface area (Å²) >= 11 is 1.58. The Morgan fingerprint density at radius 1 is 0.964 bits per heavy atom. The van der Waals surface area contributed by atoms with Crippen molar-refractivity contribution < 1.29 is 4.79 Å². The molecule has 1 amide bonds. The molecule has 2 heterocycles. The third kappa shape index (κ3) is 4.12. The van der Waals surface area contributed by atoms with Crippen molar-refractivity contribution in [3.63, 3.8) is 0 Å². The predicted octanol–water partition coefficient (Wildman–Crippen LogP) is 2.24. The maximum absolute atomic E-state index is 12.6. The van der Waals surface area contributed by atoms with E-state index >= 15 is 0 Å². The number of carbonyl (C=O) groups excluding carboxylic acids is 1. The fourth-order valence-electron chi connectivity index (χ4n) is 3.31. The standard InChI is InChI=1S/C20H22N6OS/c21-17-12-18(24-20(22)23-17)25-7-9-26(10-8-25)19(27)13-28-16-6-5-14-3-1-2-4-15(14)11-16/h1-6,11-12H,7-10,13H2,(H4,21,22,23,24). The van der Waals surface area contributed by atoms with E-state index in [1.165, 1.54) is 10.8 Å². The summed E-state index contributed by atoms with van der Waals surface area (Å²) in [6.07, 6.45) is 0. The van der Waals surface area contributed by atoms with Crippen LogP contribution in [0.4, 0.5) is 17.6 Å². The zero-order chi connectivity index (χ0) is 19.5. The summed E-state index contributed by atoms with van der Waals surface area (Å²) in [5.41, 5.74) is 11.4. The molecular weight excluding hydrogens is 372 g/mol. The summed E-state index contributed by atoms with van der Waals surface area (Å²) in [4.78, 5) is 25.8. The van der Waals surface area contributed by atoms with Gasteiger partial charge in [-0.1, -0.05) is 30.3 Å². The number of nitrogens with two attached hydrogens (primary N) is 2. The van der Waals surface area contributed by atoms with Crippen LogP contribution in [-0.4, -0.2) is 52.7 Å². The Morgan fingerprint density at radius 3 is 2.46 bits per heavy atom. The van der Waals surface area contributed by atoms with Gasteiger partial charge in [-0.3, -0.25) is 4.79 Å². The highest BCUT2D eigenvalue weighted by Gasteiger charge is 2.22. The Labute approximate surface area is 167 Å². The third-order valence-electron chi connectivity index (χ3n) is 4.79. The number of benzene rings is 2. The monoisotopic (exact) mass is 394 g/mol. The minimum atomic E-state index is 0.152. The van der Waals surface area contributed by atoms with E-state index in [9.17, 15) is 4.79 Å². The lowest BCUT2D eigenvalue weighted by molar-refractivity contribution is -0.128. The minimum Gasteiger partial charge on any atom is -0.383 e. The zero-order valence-electron chi connectivity index (χ0n) is 15.4. The first-order chi connectivity index (χ1) is 13.6. The molecular formula is C20H22N6OS. The number of rotatable bonds is 4. The second-order valence-electron chi connectivity index (χ2n) is 6.67. The van der Waals surface area contributed by atoms with E-state index in [1.807, 2.05) is 17.0 Å². The predicted molar refractivity (Wildman–Crippen MR) is 114 cm³/mol. The molecule has 0 atom stereocenters. The molecule has 1 fully saturated rings. The van der Waals surface area contributed by atoms with Crippen molar-refractivity contribution in [3.8, 4) is 0 Å². The number of hydrogen-bond donors (Lipinski definition) is 2. The van der Waals surface area contributed by atoms with Gasteiger partial charge < -0.3 is 21.3 Å². The van der Waals surface area contributed by atoms with Gasteiger partial charge >= 0.3 is 0 Å². The van der Waals surface area contributed by atoms with Crippen LogP contribution in [0.15, 0.2) is 53.4 Å². The van der Waals surface area contributed by atoms with Gasteiger partial charge in [-0.05, 0) is 22.9 Å². The van der Waals surface area contributed by atoms with Crippen molar-refractivity contribution in [2.45, 2.75) is 4.90 Å². The van der Waals surface area contributed by atoms with Crippen LogP contribution < -0.4 is 16.4 Å². The SMILES string of the molecule is Nc1cc(N2CCN(C(=O)CSc3ccc4ccccc4c3)CC2)nc(N)n1. The molecule has 1 aromatic heterocycles. The van der Waals surface area contributed by atoms with Crippen LogP contribution in [0, 0.1) is 0 Å². The van der Waals surface area contributed by atoms with Gasteiger partial charge in [-0.15, -0.1) is 11.8 Å². The highest BCUT2D eigenvalue weighted by Crippen LogP contribution is 2.24. The molecule has 8 heteroatoms. The highest BCUT2D eigenvalue weighted by atomic mass is 32.2. The van der Waals surface area contributed by atoms with Crippen LogP contribution in [0.3, 0.4) is 0 Å². The average Bonchev–Trinajstić information content (AvgIpc) is 2.71. The molecule has 1 aliphatic rings. The first-order valence-electron chi connectivity index (χ1n) is 9.13. The molecule has 0 saturated carbocycles. The number of piperazine rings is 1. The summed E-state index contributed by atoms with van der Waals surface area (Å²) in [6, 6.07) is 16.3. The number of fused-ring (bicyclic) bond motifs is 1. The smallest absolute Gasteiger partial charge is 0.233 e. The summed E-state index contributed by atoms with van der Waals surface area (Å²) in [6.45, 7) is 2.70. The van der Waals surface area contributed by atoms with Crippen LogP contribution in [0.25, 0.3) is 10.8 Å². The normalized spacial score (nSPS) is 14.4. The van der Waals surface area contributed by atoms with Gasteiger partial charge in [0.05, 0.1) is 5.75 Å². The van der Waals surface area contributed by atoms with E-state index in [4.69, 9.17) is 11.5 Å². The number of nitrogens with zero attached hydrogens (tertiary/aromatic N) is 4. The van der Waals surface area contributed by atoms with Crippen molar-refractivity contribution in [3.05, 3.63) is 48.5 Å². The van der Waals surface area contributed by atoms with Crippen LogP contribution in [0.5, 0.6) is 0 Å². The van der Waals surface area contributed by atoms with E-state index < -0.39 is 0 Å². The molecule has 0 bridgehead atoms.